The Bertz CT molecular complexity index is 235. The highest BCUT2D eigenvalue weighted by Crippen LogP contribution is 2.21. The first kappa shape index (κ1) is 9.48. The number of hydrogen-bond donors (Lipinski definition) is 1. The van der Waals surface area contributed by atoms with Crippen LogP contribution < -0.4 is 4.74 Å². The first-order valence-electron chi connectivity index (χ1n) is 3.89. The van der Waals surface area contributed by atoms with E-state index in [1.165, 1.54) is 11.3 Å². The molecule has 12 heavy (non-hydrogen) atoms. The summed E-state index contributed by atoms with van der Waals surface area (Å²) >= 11 is 1.53. The van der Waals surface area contributed by atoms with E-state index in [-0.39, 0.29) is 6.10 Å². The normalized spacial score (nSPS) is 12.9. The van der Waals surface area contributed by atoms with E-state index in [0.29, 0.717) is 5.19 Å². The molecule has 0 saturated heterocycles. The Labute approximate surface area is 76.0 Å². The van der Waals surface area contributed by atoms with Crippen LogP contribution in [0.1, 0.15) is 18.2 Å². The van der Waals surface area contributed by atoms with Gasteiger partial charge in [0.15, 0.2) is 0 Å². The van der Waals surface area contributed by atoms with Gasteiger partial charge in [-0.1, -0.05) is 11.3 Å². The molecule has 0 spiro atoms. The van der Waals surface area contributed by atoms with Gasteiger partial charge in [-0.05, 0) is 19.8 Å². The smallest absolute Gasteiger partial charge is 0.273 e. The average Bonchev–Trinajstić information content (AvgIpc) is 2.48. The molecule has 1 heterocycles. The first-order valence-corrected chi connectivity index (χ1v) is 4.70. The van der Waals surface area contributed by atoms with Crippen molar-refractivity contribution in [2.75, 3.05) is 7.11 Å². The lowest BCUT2D eigenvalue weighted by Gasteiger charge is -1.99. The molecule has 0 radical (unpaired) electrons. The highest BCUT2D eigenvalue weighted by molar-refractivity contribution is 7.13. The van der Waals surface area contributed by atoms with E-state index < -0.39 is 0 Å². The van der Waals surface area contributed by atoms with Crippen molar-refractivity contribution in [1.29, 1.82) is 0 Å². The Kier molecular flexibility index (Phi) is 3.49. The highest BCUT2D eigenvalue weighted by Gasteiger charge is 2.02. The van der Waals surface area contributed by atoms with Gasteiger partial charge in [-0.25, -0.2) is 4.98 Å². The zero-order valence-electron chi connectivity index (χ0n) is 7.28. The summed E-state index contributed by atoms with van der Waals surface area (Å²) in [7, 11) is 1.61. The zero-order valence-corrected chi connectivity index (χ0v) is 8.10. The number of nitrogens with zero attached hydrogens (tertiary/aromatic N) is 1. The highest BCUT2D eigenvalue weighted by atomic mass is 32.1. The van der Waals surface area contributed by atoms with Crippen molar-refractivity contribution in [1.82, 2.24) is 4.98 Å². The van der Waals surface area contributed by atoms with Gasteiger partial charge in [0, 0.05) is 11.1 Å². The number of aliphatic hydroxyl groups is 1. The summed E-state index contributed by atoms with van der Waals surface area (Å²) in [6.45, 7) is 1.79. The van der Waals surface area contributed by atoms with Crippen LogP contribution in [-0.4, -0.2) is 23.3 Å². The maximum Gasteiger partial charge on any atom is 0.273 e. The fourth-order valence-corrected chi connectivity index (χ4v) is 1.59. The molecule has 1 aromatic rings. The zero-order chi connectivity index (χ0) is 8.97. The monoisotopic (exact) mass is 187 g/mol. The van der Waals surface area contributed by atoms with Crippen molar-refractivity contribution in [3.8, 4) is 5.19 Å². The topological polar surface area (TPSA) is 42.4 Å². The SMILES string of the molecule is COc1ncc(CC[C@H](C)O)s1. The van der Waals surface area contributed by atoms with Gasteiger partial charge in [0.2, 0.25) is 0 Å². The molecule has 0 aliphatic carbocycles. The van der Waals surface area contributed by atoms with E-state index in [1.807, 2.05) is 0 Å². The van der Waals surface area contributed by atoms with Crippen LogP contribution in [0.3, 0.4) is 0 Å². The largest absolute Gasteiger partial charge is 0.473 e. The van der Waals surface area contributed by atoms with Crippen LogP contribution >= 0.6 is 11.3 Å². The van der Waals surface area contributed by atoms with Gasteiger partial charge in [0.1, 0.15) is 0 Å². The average molecular weight is 187 g/mol. The van der Waals surface area contributed by atoms with Crippen molar-refractivity contribution in [2.24, 2.45) is 0 Å². The summed E-state index contributed by atoms with van der Waals surface area (Å²) in [5, 5.41) is 9.72. The molecule has 4 heteroatoms. The number of methoxy groups -OCH3 is 1. The maximum atomic E-state index is 9.03. The van der Waals surface area contributed by atoms with E-state index in [1.54, 1.807) is 20.2 Å². The van der Waals surface area contributed by atoms with Crippen LogP contribution in [0.25, 0.3) is 0 Å². The fourth-order valence-electron chi connectivity index (χ4n) is 0.851. The lowest BCUT2D eigenvalue weighted by Crippen LogP contribution is -2.00. The van der Waals surface area contributed by atoms with E-state index in [0.717, 1.165) is 17.7 Å². The molecule has 0 bridgehead atoms. The van der Waals surface area contributed by atoms with Crippen molar-refractivity contribution >= 4 is 11.3 Å². The molecule has 1 rings (SSSR count). The van der Waals surface area contributed by atoms with Crippen molar-refractivity contribution in [2.45, 2.75) is 25.9 Å². The second-order valence-corrected chi connectivity index (χ2v) is 3.76. The summed E-state index contributed by atoms with van der Waals surface area (Å²) in [4.78, 5) is 5.19. The molecule has 0 amide bonds. The minimum Gasteiger partial charge on any atom is -0.473 e. The first-order chi connectivity index (χ1) is 5.72. The molecule has 0 fully saturated rings. The van der Waals surface area contributed by atoms with E-state index in [2.05, 4.69) is 4.98 Å². The summed E-state index contributed by atoms with van der Waals surface area (Å²) < 4.78 is 4.95. The number of aliphatic hydroxyl groups excluding tert-OH is 1. The van der Waals surface area contributed by atoms with E-state index in [4.69, 9.17) is 9.84 Å². The van der Waals surface area contributed by atoms with Crippen LogP contribution in [0.2, 0.25) is 0 Å². The number of aromatic nitrogens is 1. The summed E-state index contributed by atoms with van der Waals surface area (Å²) in [5.74, 6) is 0. The van der Waals surface area contributed by atoms with Crippen LogP contribution in [0.15, 0.2) is 6.20 Å². The molecule has 1 aromatic heterocycles. The molecule has 0 aliphatic rings. The van der Waals surface area contributed by atoms with Crippen molar-refractivity contribution in [3.05, 3.63) is 11.1 Å². The van der Waals surface area contributed by atoms with E-state index in [9.17, 15) is 0 Å². The quantitative estimate of drug-likeness (QED) is 0.776. The lowest BCUT2D eigenvalue weighted by atomic mass is 10.2. The number of thiazole rings is 1. The predicted molar refractivity (Wildman–Crippen MR) is 48.7 cm³/mol. The second-order valence-electron chi connectivity index (χ2n) is 2.68. The number of rotatable bonds is 4. The second kappa shape index (κ2) is 4.42. The predicted octanol–water partition coefficient (Wildman–Crippen LogP) is 1.47. The van der Waals surface area contributed by atoms with Crippen molar-refractivity contribution in [3.63, 3.8) is 0 Å². The van der Waals surface area contributed by atoms with Crippen LogP contribution in [0.5, 0.6) is 5.19 Å². The molecule has 68 valence electrons. The molecule has 0 saturated carbocycles. The molecule has 0 aliphatic heterocycles. The van der Waals surface area contributed by atoms with Gasteiger partial charge in [0.05, 0.1) is 13.2 Å². The number of hydrogen-bond acceptors (Lipinski definition) is 4. The standard InChI is InChI=1S/C8H13NO2S/c1-6(10)3-4-7-5-9-8(11-2)12-7/h5-6,10H,3-4H2,1-2H3/t6-/m0/s1. The fraction of sp³-hybridized carbons (Fsp3) is 0.625. The molecule has 0 aromatic carbocycles. The number of ether oxygens (including phenoxy) is 1. The lowest BCUT2D eigenvalue weighted by molar-refractivity contribution is 0.185. The Hall–Kier alpha value is -0.610. The Morgan fingerprint density at radius 3 is 3.00 bits per heavy atom. The van der Waals surface area contributed by atoms with Gasteiger partial charge in [-0.15, -0.1) is 0 Å². The van der Waals surface area contributed by atoms with Crippen molar-refractivity contribution < 1.29 is 9.84 Å². The van der Waals surface area contributed by atoms with Crippen LogP contribution in [0.4, 0.5) is 0 Å². The molecular weight excluding hydrogens is 174 g/mol. The maximum absolute atomic E-state index is 9.03. The van der Waals surface area contributed by atoms with Gasteiger partial charge < -0.3 is 9.84 Å². The molecule has 3 nitrogen and oxygen atoms in total. The molecular formula is C8H13NO2S. The molecule has 1 atom stereocenters. The number of aryl methyl sites for hydroxylation is 1. The minimum atomic E-state index is -0.238. The third kappa shape index (κ3) is 2.79. The third-order valence-corrected chi connectivity index (χ3v) is 2.53. The van der Waals surface area contributed by atoms with Crippen LogP contribution in [-0.2, 0) is 6.42 Å². The third-order valence-electron chi connectivity index (χ3n) is 1.52. The summed E-state index contributed by atoms with van der Waals surface area (Å²) in [5.41, 5.74) is 0. The minimum absolute atomic E-state index is 0.238. The van der Waals surface area contributed by atoms with Gasteiger partial charge >= 0.3 is 0 Å². The van der Waals surface area contributed by atoms with E-state index >= 15 is 0 Å². The van der Waals surface area contributed by atoms with Gasteiger partial charge in [0.25, 0.3) is 5.19 Å². The van der Waals surface area contributed by atoms with Gasteiger partial charge in [-0.3, -0.25) is 0 Å². The Morgan fingerprint density at radius 2 is 2.50 bits per heavy atom. The van der Waals surface area contributed by atoms with Gasteiger partial charge in [-0.2, -0.15) is 0 Å². The molecule has 0 unspecified atom stereocenters. The summed E-state index contributed by atoms with van der Waals surface area (Å²) in [6, 6.07) is 0. The Balaban J connectivity index is 2.41. The summed E-state index contributed by atoms with van der Waals surface area (Å²) in [6.07, 6.45) is 3.22. The molecule has 1 N–H and O–H groups in total. The van der Waals surface area contributed by atoms with Crippen LogP contribution in [0, 0.1) is 0 Å². The Morgan fingerprint density at radius 1 is 1.75 bits per heavy atom.